The molecule has 5 heteroatoms. The smallest absolute Gasteiger partial charge is 0.223 e. The molecule has 2 N–H and O–H groups in total. The molecule has 0 saturated carbocycles. The molecule has 2 saturated heterocycles. The summed E-state index contributed by atoms with van der Waals surface area (Å²) in [5.74, 6) is 1.41. The highest BCUT2D eigenvalue weighted by molar-refractivity contribution is 5.85. The molecule has 0 aromatic rings. The number of likely N-dealkylation sites (tertiary alicyclic amines) is 1. The van der Waals surface area contributed by atoms with Crippen molar-refractivity contribution in [2.45, 2.75) is 58.4 Å². The van der Waals surface area contributed by atoms with Crippen molar-refractivity contribution in [2.75, 3.05) is 32.7 Å². The summed E-state index contributed by atoms with van der Waals surface area (Å²) in [7, 11) is 0. The van der Waals surface area contributed by atoms with Crippen LogP contribution >= 0.6 is 12.4 Å². The Morgan fingerprint density at radius 3 is 2.59 bits per heavy atom. The number of nitrogens with zero attached hydrogens (tertiary/aromatic N) is 1. The van der Waals surface area contributed by atoms with E-state index >= 15 is 0 Å². The Hall–Kier alpha value is -0.320. The van der Waals surface area contributed by atoms with E-state index in [1.165, 1.54) is 38.9 Å². The Morgan fingerprint density at radius 2 is 1.91 bits per heavy atom. The van der Waals surface area contributed by atoms with E-state index < -0.39 is 0 Å². The summed E-state index contributed by atoms with van der Waals surface area (Å²) in [5.41, 5.74) is 0. The maximum absolute atomic E-state index is 12.1. The van der Waals surface area contributed by atoms with Crippen LogP contribution in [0, 0.1) is 11.8 Å². The Morgan fingerprint density at radius 1 is 1.18 bits per heavy atom. The predicted octanol–water partition coefficient (Wildman–Crippen LogP) is 2.42. The van der Waals surface area contributed by atoms with Crippen LogP contribution in [-0.2, 0) is 4.79 Å². The molecule has 130 valence electrons. The summed E-state index contributed by atoms with van der Waals surface area (Å²) >= 11 is 0. The highest BCUT2D eigenvalue weighted by atomic mass is 35.5. The van der Waals surface area contributed by atoms with Gasteiger partial charge < -0.3 is 15.5 Å². The van der Waals surface area contributed by atoms with Gasteiger partial charge >= 0.3 is 0 Å². The van der Waals surface area contributed by atoms with Crippen molar-refractivity contribution in [2.24, 2.45) is 11.8 Å². The van der Waals surface area contributed by atoms with E-state index in [1.54, 1.807) is 0 Å². The maximum Gasteiger partial charge on any atom is 0.223 e. The standard InChI is InChI=1S/C17H33N3O.ClH/c1-14-6-11-20(12-7-14)10-4-3-8-19-17(21)16-5-9-18-15(2)13-16;/h14-16,18H,3-13H2,1-2H3,(H,19,21);1H/t15-,16-;/m0./s1. The molecule has 2 heterocycles. The zero-order chi connectivity index (χ0) is 15.1. The van der Waals surface area contributed by atoms with Gasteiger partial charge in [0.2, 0.25) is 5.91 Å². The Labute approximate surface area is 142 Å². The molecule has 0 aromatic carbocycles. The highest BCUT2D eigenvalue weighted by Gasteiger charge is 2.24. The Balaban J connectivity index is 0.00000242. The van der Waals surface area contributed by atoms with Crippen molar-refractivity contribution >= 4 is 18.3 Å². The number of hydrogen-bond donors (Lipinski definition) is 2. The summed E-state index contributed by atoms with van der Waals surface area (Å²) in [4.78, 5) is 14.7. The molecule has 2 rings (SSSR count). The van der Waals surface area contributed by atoms with Crippen LogP contribution in [0.3, 0.4) is 0 Å². The number of nitrogens with one attached hydrogen (secondary N) is 2. The molecule has 0 unspecified atom stereocenters. The average molecular weight is 332 g/mol. The van der Waals surface area contributed by atoms with E-state index in [2.05, 4.69) is 29.4 Å². The van der Waals surface area contributed by atoms with Crippen LogP contribution in [0.2, 0.25) is 0 Å². The fourth-order valence-corrected chi connectivity index (χ4v) is 3.47. The topological polar surface area (TPSA) is 44.4 Å². The Kier molecular flexibility index (Phi) is 9.37. The summed E-state index contributed by atoms with van der Waals surface area (Å²) < 4.78 is 0. The highest BCUT2D eigenvalue weighted by Crippen LogP contribution is 2.17. The minimum absolute atomic E-state index is 0. The van der Waals surface area contributed by atoms with E-state index in [0.29, 0.717) is 6.04 Å². The first-order valence-corrected chi connectivity index (χ1v) is 8.88. The fraction of sp³-hybridized carbons (Fsp3) is 0.941. The van der Waals surface area contributed by atoms with Gasteiger partial charge in [0.15, 0.2) is 0 Å². The van der Waals surface area contributed by atoms with Crippen molar-refractivity contribution in [3.63, 3.8) is 0 Å². The molecule has 4 nitrogen and oxygen atoms in total. The van der Waals surface area contributed by atoms with Crippen LogP contribution < -0.4 is 10.6 Å². The van der Waals surface area contributed by atoms with Crippen molar-refractivity contribution in [3.05, 3.63) is 0 Å². The molecule has 2 aliphatic rings. The van der Waals surface area contributed by atoms with Crippen LogP contribution in [0.15, 0.2) is 0 Å². The first-order valence-electron chi connectivity index (χ1n) is 8.88. The number of unbranched alkanes of at least 4 members (excludes halogenated alkanes) is 1. The lowest BCUT2D eigenvalue weighted by molar-refractivity contribution is -0.126. The number of carbonyl (C=O) groups is 1. The van der Waals surface area contributed by atoms with Crippen molar-refractivity contribution in [1.29, 1.82) is 0 Å². The lowest BCUT2D eigenvalue weighted by atomic mass is 9.92. The molecule has 2 aliphatic heterocycles. The summed E-state index contributed by atoms with van der Waals surface area (Å²) in [5, 5.41) is 6.53. The van der Waals surface area contributed by atoms with Crippen LogP contribution in [0.4, 0.5) is 0 Å². The SMILES string of the molecule is CC1CCN(CCCCNC(=O)[C@H]2CCN[C@@H](C)C2)CC1.Cl. The van der Waals surface area contributed by atoms with E-state index in [0.717, 1.165) is 38.3 Å². The molecule has 0 aromatic heterocycles. The molecule has 1 amide bonds. The Bertz CT molecular complexity index is 319. The number of amides is 1. The van der Waals surface area contributed by atoms with Gasteiger partial charge in [0.05, 0.1) is 0 Å². The number of piperidine rings is 2. The minimum Gasteiger partial charge on any atom is -0.356 e. The van der Waals surface area contributed by atoms with Gasteiger partial charge in [0, 0.05) is 18.5 Å². The number of carbonyl (C=O) groups excluding carboxylic acids is 1. The first kappa shape index (κ1) is 19.7. The third-order valence-electron chi connectivity index (χ3n) is 5.07. The lowest BCUT2D eigenvalue weighted by Gasteiger charge is -2.30. The quantitative estimate of drug-likeness (QED) is 0.735. The molecule has 2 fully saturated rings. The van der Waals surface area contributed by atoms with Crippen LogP contribution in [-0.4, -0.2) is 49.6 Å². The third-order valence-corrected chi connectivity index (χ3v) is 5.07. The van der Waals surface area contributed by atoms with E-state index in [4.69, 9.17) is 0 Å². The van der Waals surface area contributed by atoms with Gasteiger partial charge in [-0.1, -0.05) is 6.92 Å². The monoisotopic (exact) mass is 331 g/mol. The zero-order valence-corrected chi connectivity index (χ0v) is 15.1. The maximum atomic E-state index is 12.1. The second-order valence-electron chi connectivity index (χ2n) is 7.10. The number of hydrogen-bond acceptors (Lipinski definition) is 3. The number of halogens is 1. The predicted molar refractivity (Wildman–Crippen MR) is 94.5 cm³/mol. The largest absolute Gasteiger partial charge is 0.356 e. The zero-order valence-electron chi connectivity index (χ0n) is 14.3. The summed E-state index contributed by atoms with van der Waals surface area (Å²) in [6.07, 6.45) is 6.99. The van der Waals surface area contributed by atoms with Gasteiger partial charge in [0.25, 0.3) is 0 Å². The van der Waals surface area contributed by atoms with E-state index in [1.807, 2.05) is 0 Å². The second kappa shape index (κ2) is 10.5. The van der Waals surface area contributed by atoms with Gasteiger partial charge in [-0.2, -0.15) is 0 Å². The van der Waals surface area contributed by atoms with Crippen molar-refractivity contribution < 1.29 is 4.79 Å². The number of rotatable bonds is 6. The minimum atomic E-state index is 0. The third kappa shape index (κ3) is 6.84. The molecule has 0 radical (unpaired) electrons. The molecule has 0 bridgehead atoms. The van der Waals surface area contributed by atoms with E-state index in [-0.39, 0.29) is 24.2 Å². The fourth-order valence-electron chi connectivity index (χ4n) is 3.47. The van der Waals surface area contributed by atoms with Crippen LogP contribution in [0.5, 0.6) is 0 Å². The van der Waals surface area contributed by atoms with Gasteiger partial charge in [-0.15, -0.1) is 12.4 Å². The van der Waals surface area contributed by atoms with Crippen LogP contribution in [0.25, 0.3) is 0 Å². The van der Waals surface area contributed by atoms with Gasteiger partial charge in [-0.3, -0.25) is 4.79 Å². The van der Waals surface area contributed by atoms with Gasteiger partial charge in [-0.25, -0.2) is 0 Å². The lowest BCUT2D eigenvalue weighted by Crippen LogP contribution is -2.42. The summed E-state index contributed by atoms with van der Waals surface area (Å²) in [6, 6.07) is 0.482. The second-order valence-corrected chi connectivity index (χ2v) is 7.10. The molecular weight excluding hydrogens is 298 g/mol. The molecule has 0 aliphatic carbocycles. The summed E-state index contributed by atoms with van der Waals surface area (Å²) in [6.45, 7) is 10.1. The van der Waals surface area contributed by atoms with Gasteiger partial charge in [-0.05, 0) is 77.5 Å². The first-order chi connectivity index (χ1) is 10.1. The van der Waals surface area contributed by atoms with Crippen molar-refractivity contribution in [1.82, 2.24) is 15.5 Å². The molecule has 0 spiro atoms. The van der Waals surface area contributed by atoms with E-state index in [9.17, 15) is 4.79 Å². The van der Waals surface area contributed by atoms with Gasteiger partial charge in [0.1, 0.15) is 0 Å². The molecule has 2 atom stereocenters. The molecule has 22 heavy (non-hydrogen) atoms. The van der Waals surface area contributed by atoms with Crippen molar-refractivity contribution in [3.8, 4) is 0 Å². The normalized spacial score (nSPS) is 27.2. The molecular formula is C17H34ClN3O. The average Bonchev–Trinajstić information content (AvgIpc) is 2.48. The van der Waals surface area contributed by atoms with Crippen LogP contribution in [0.1, 0.15) is 52.4 Å².